The van der Waals surface area contributed by atoms with Gasteiger partial charge < -0.3 is 0 Å². The SMILES string of the molecule is CC(C)(C)NN.CC1=CC=CC(C)(C(=O)Cl)C1Br.Cl.O=C(Cl)c1ccccc1. The van der Waals surface area contributed by atoms with E-state index in [0.717, 1.165) is 5.57 Å². The standard InChI is InChI=1S/C9H10BrClO.C7H5ClO.C4H12N2.ClH/c1-6-4-3-5-9(2,7(6)10)8(11)12;8-7(9)6-4-2-1-3-5-6;1-4(2,3)6-5;/h3-5,7H,1-2H3;1-5H;6H,5H2,1-3H3;1H. The molecule has 8 heteroatoms. The molecule has 1 aliphatic rings. The first-order valence-corrected chi connectivity index (χ1v) is 9.95. The van der Waals surface area contributed by atoms with Gasteiger partial charge in [-0.1, -0.05) is 70.1 Å². The van der Waals surface area contributed by atoms with Gasteiger partial charge in [-0.05, 0) is 57.8 Å². The number of carbonyl (C=O) groups excluding carboxylic acids is 2. The second-order valence-corrected chi connectivity index (χ2v) is 8.83. The minimum atomic E-state index is -0.597. The highest BCUT2D eigenvalue weighted by atomic mass is 79.9. The van der Waals surface area contributed by atoms with Crippen LogP contribution in [0.5, 0.6) is 0 Å². The number of rotatable bonds is 2. The molecular formula is C20H28BrCl3N2O2. The molecule has 158 valence electrons. The number of nitrogens with one attached hydrogen (secondary N) is 1. The first-order valence-electron chi connectivity index (χ1n) is 8.28. The van der Waals surface area contributed by atoms with Crippen molar-refractivity contribution in [3.05, 3.63) is 59.7 Å². The number of benzene rings is 1. The lowest BCUT2D eigenvalue weighted by Gasteiger charge is -2.30. The molecule has 0 bridgehead atoms. The maximum absolute atomic E-state index is 11.1. The van der Waals surface area contributed by atoms with Gasteiger partial charge in [0.05, 0.1) is 10.2 Å². The van der Waals surface area contributed by atoms with Gasteiger partial charge in [0.15, 0.2) is 0 Å². The highest BCUT2D eigenvalue weighted by Gasteiger charge is 2.38. The van der Waals surface area contributed by atoms with Crippen LogP contribution in [0.4, 0.5) is 0 Å². The second kappa shape index (κ2) is 13.5. The minimum absolute atomic E-state index is 0. The molecule has 4 nitrogen and oxygen atoms in total. The summed E-state index contributed by atoms with van der Waals surface area (Å²) < 4.78 is 0. The number of nitrogens with two attached hydrogens (primary N) is 1. The van der Waals surface area contributed by atoms with Crippen LogP contribution >= 0.6 is 51.5 Å². The molecule has 3 N–H and O–H groups in total. The summed E-state index contributed by atoms with van der Waals surface area (Å²) in [7, 11) is 0. The van der Waals surface area contributed by atoms with E-state index in [2.05, 4.69) is 21.4 Å². The molecule has 0 aliphatic heterocycles. The second-order valence-electron chi connectivity index (χ2n) is 7.22. The first-order chi connectivity index (χ1) is 12.3. The van der Waals surface area contributed by atoms with E-state index >= 15 is 0 Å². The Morgan fingerprint density at radius 1 is 1.18 bits per heavy atom. The van der Waals surface area contributed by atoms with Crippen molar-refractivity contribution in [2.45, 2.75) is 45.0 Å². The quantitative estimate of drug-likeness (QED) is 0.227. The van der Waals surface area contributed by atoms with Gasteiger partial charge in [-0.25, -0.2) is 0 Å². The van der Waals surface area contributed by atoms with Gasteiger partial charge in [-0.15, -0.1) is 12.4 Å². The van der Waals surface area contributed by atoms with Crippen LogP contribution in [0.2, 0.25) is 0 Å². The van der Waals surface area contributed by atoms with Crippen molar-refractivity contribution in [2.24, 2.45) is 11.3 Å². The van der Waals surface area contributed by atoms with E-state index in [1.54, 1.807) is 24.3 Å². The number of hydrazine groups is 1. The molecule has 1 aliphatic carbocycles. The lowest BCUT2D eigenvalue weighted by atomic mass is 9.81. The fourth-order valence-corrected chi connectivity index (χ4v) is 2.72. The third-order valence-corrected chi connectivity index (χ3v) is 5.88. The number of carbonyl (C=O) groups is 2. The van der Waals surface area contributed by atoms with E-state index in [9.17, 15) is 9.59 Å². The molecule has 28 heavy (non-hydrogen) atoms. The fourth-order valence-electron chi connectivity index (χ4n) is 1.78. The molecule has 2 rings (SSSR count). The molecular weight excluding hydrogens is 486 g/mol. The van der Waals surface area contributed by atoms with E-state index in [-0.39, 0.29) is 28.0 Å². The molecule has 0 fully saturated rings. The number of alkyl halides is 1. The highest BCUT2D eigenvalue weighted by molar-refractivity contribution is 9.09. The summed E-state index contributed by atoms with van der Waals surface area (Å²) in [5.41, 5.74) is 3.74. The Balaban J connectivity index is 0. The minimum Gasteiger partial charge on any atom is -0.280 e. The summed E-state index contributed by atoms with van der Waals surface area (Å²) in [5.74, 6) is 5.06. The van der Waals surface area contributed by atoms with Crippen molar-refractivity contribution in [2.75, 3.05) is 0 Å². The van der Waals surface area contributed by atoms with Crippen molar-refractivity contribution >= 4 is 62.0 Å². The van der Waals surface area contributed by atoms with Crippen LogP contribution < -0.4 is 11.3 Å². The topological polar surface area (TPSA) is 72.2 Å². The summed E-state index contributed by atoms with van der Waals surface area (Å²) in [6, 6.07) is 8.74. The van der Waals surface area contributed by atoms with E-state index in [4.69, 9.17) is 29.0 Å². The summed E-state index contributed by atoms with van der Waals surface area (Å²) in [4.78, 5) is 21.6. The molecule has 2 atom stereocenters. The zero-order valence-corrected chi connectivity index (χ0v) is 20.5. The van der Waals surface area contributed by atoms with Crippen molar-refractivity contribution in [1.29, 1.82) is 0 Å². The van der Waals surface area contributed by atoms with Gasteiger partial charge in [0, 0.05) is 11.1 Å². The third kappa shape index (κ3) is 10.7. The van der Waals surface area contributed by atoms with Crippen LogP contribution in [-0.2, 0) is 4.79 Å². The summed E-state index contributed by atoms with van der Waals surface area (Å²) in [6.07, 6.45) is 5.67. The predicted octanol–water partition coefficient (Wildman–Crippen LogP) is 5.77. The zero-order chi connectivity index (χ0) is 21.3. The highest BCUT2D eigenvalue weighted by Crippen LogP contribution is 2.38. The Morgan fingerprint density at radius 2 is 1.64 bits per heavy atom. The summed E-state index contributed by atoms with van der Waals surface area (Å²) in [5, 5.41) is -0.733. The molecule has 2 unspecified atom stereocenters. The van der Waals surface area contributed by atoms with Crippen molar-refractivity contribution in [1.82, 2.24) is 5.43 Å². The van der Waals surface area contributed by atoms with Gasteiger partial charge in [0.1, 0.15) is 0 Å². The van der Waals surface area contributed by atoms with E-state index < -0.39 is 10.7 Å². The molecule has 0 heterocycles. The number of hydrogen-bond donors (Lipinski definition) is 2. The van der Waals surface area contributed by atoms with Crippen molar-refractivity contribution < 1.29 is 9.59 Å². The lowest BCUT2D eigenvalue weighted by Crippen LogP contribution is -2.41. The molecule has 0 aromatic heterocycles. The van der Waals surface area contributed by atoms with E-state index in [1.807, 2.05) is 58.9 Å². The smallest absolute Gasteiger partial charge is 0.252 e. The average Bonchev–Trinajstić information content (AvgIpc) is 2.60. The van der Waals surface area contributed by atoms with Gasteiger partial charge in [-0.3, -0.25) is 20.9 Å². The Kier molecular flexibility index (Phi) is 14.2. The molecule has 0 radical (unpaired) electrons. The van der Waals surface area contributed by atoms with Crippen LogP contribution in [0.3, 0.4) is 0 Å². The van der Waals surface area contributed by atoms with Crippen LogP contribution in [0.1, 0.15) is 45.0 Å². The Bertz CT molecular complexity index is 688. The largest absolute Gasteiger partial charge is 0.280 e. The molecule has 1 aromatic carbocycles. The van der Waals surface area contributed by atoms with E-state index in [1.165, 1.54) is 0 Å². The molecule has 0 saturated carbocycles. The molecule has 1 aromatic rings. The maximum Gasteiger partial charge on any atom is 0.252 e. The Morgan fingerprint density at radius 3 is 1.93 bits per heavy atom. The van der Waals surface area contributed by atoms with Crippen molar-refractivity contribution in [3.63, 3.8) is 0 Å². The molecule has 0 spiro atoms. The number of halogens is 4. The zero-order valence-electron chi connectivity index (χ0n) is 16.6. The lowest BCUT2D eigenvalue weighted by molar-refractivity contribution is -0.117. The summed E-state index contributed by atoms with van der Waals surface area (Å²) >= 11 is 14.1. The van der Waals surface area contributed by atoms with E-state index in [0.29, 0.717) is 5.56 Å². The van der Waals surface area contributed by atoms with Gasteiger partial charge in [0.2, 0.25) is 5.24 Å². The van der Waals surface area contributed by atoms with Crippen LogP contribution in [0.15, 0.2) is 54.1 Å². The monoisotopic (exact) mass is 512 g/mol. The third-order valence-electron chi connectivity index (χ3n) is 3.59. The number of allylic oxidation sites excluding steroid dienone is 4. The number of hydrogen-bond acceptors (Lipinski definition) is 4. The predicted molar refractivity (Wildman–Crippen MR) is 126 cm³/mol. The fraction of sp³-hybridized carbons (Fsp3) is 0.400. The van der Waals surface area contributed by atoms with Crippen LogP contribution in [0, 0.1) is 5.41 Å². The first kappa shape index (κ1) is 29.5. The Labute approximate surface area is 192 Å². The normalized spacial score (nSPS) is 20.3. The van der Waals surface area contributed by atoms with Gasteiger partial charge in [-0.2, -0.15) is 0 Å². The Hall–Kier alpha value is -0.690. The van der Waals surface area contributed by atoms with Crippen LogP contribution in [-0.4, -0.2) is 20.9 Å². The van der Waals surface area contributed by atoms with Gasteiger partial charge in [0.25, 0.3) is 5.24 Å². The van der Waals surface area contributed by atoms with Crippen molar-refractivity contribution in [3.8, 4) is 0 Å². The molecule has 0 amide bonds. The van der Waals surface area contributed by atoms with Gasteiger partial charge >= 0.3 is 0 Å². The molecule has 0 saturated heterocycles. The summed E-state index contributed by atoms with van der Waals surface area (Å²) in [6.45, 7) is 9.82. The average molecular weight is 515 g/mol. The maximum atomic E-state index is 11.1. The van der Waals surface area contributed by atoms with Crippen LogP contribution in [0.25, 0.3) is 0 Å².